The molecule has 0 unspecified atom stereocenters. The second-order valence-corrected chi connectivity index (χ2v) is 9.89. The van der Waals surface area contributed by atoms with E-state index in [-0.39, 0.29) is 21.9 Å². The fourth-order valence-electron chi connectivity index (χ4n) is 3.81. The maximum Gasteiger partial charge on any atom is 0.338 e. The Bertz CT molecular complexity index is 1330. The van der Waals surface area contributed by atoms with Gasteiger partial charge in [-0.3, -0.25) is 0 Å². The zero-order valence-electron chi connectivity index (χ0n) is 18.4. The van der Waals surface area contributed by atoms with Crippen LogP contribution in [0.3, 0.4) is 0 Å². The number of sulfonamides is 1. The van der Waals surface area contributed by atoms with Gasteiger partial charge in [-0.05, 0) is 49.2 Å². The van der Waals surface area contributed by atoms with Crippen LogP contribution in [0, 0.1) is 11.3 Å². The first kappa shape index (κ1) is 23.5. The van der Waals surface area contributed by atoms with E-state index >= 15 is 0 Å². The maximum absolute atomic E-state index is 12.9. The number of allylic oxidation sites excluding steroid dienone is 1. The van der Waals surface area contributed by atoms with Gasteiger partial charge in [0, 0.05) is 13.1 Å². The average molecular weight is 481 g/mol. The van der Waals surface area contributed by atoms with Crippen molar-refractivity contribution in [2.45, 2.75) is 30.6 Å². The monoisotopic (exact) mass is 480 g/mol. The summed E-state index contributed by atoms with van der Waals surface area (Å²) in [6, 6.07) is 14.5. The maximum atomic E-state index is 12.9. The van der Waals surface area contributed by atoms with Crippen LogP contribution in [0.5, 0.6) is 0 Å². The number of fused-ring (bicyclic) bond motifs is 1. The molecule has 176 valence electrons. The number of nitrogens with one attached hydrogen (secondary N) is 1. The number of nitriles is 1. The van der Waals surface area contributed by atoms with Gasteiger partial charge < -0.3 is 14.8 Å². The van der Waals surface area contributed by atoms with Crippen molar-refractivity contribution in [2.75, 3.05) is 19.7 Å². The molecule has 2 N–H and O–H groups in total. The van der Waals surface area contributed by atoms with E-state index in [4.69, 9.17) is 4.74 Å². The highest BCUT2D eigenvalue weighted by Crippen LogP contribution is 2.22. The van der Waals surface area contributed by atoms with Crippen LogP contribution in [0.2, 0.25) is 0 Å². The molecule has 1 aromatic heterocycles. The molecule has 0 saturated carbocycles. The molecule has 3 aromatic rings. The molecule has 0 atom stereocenters. The van der Waals surface area contributed by atoms with Crippen molar-refractivity contribution in [3.8, 4) is 6.07 Å². The highest BCUT2D eigenvalue weighted by atomic mass is 32.2. The Labute approximate surface area is 197 Å². The first-order valence-corrected chi connectivity index (χ1v) is 12.4. The van der Waals surface area contributed by atoms with Gasteiger partial charge in [0.1, 0.15) is 18.2 Å². The zero-order chi connectivity index (χ0) is 24.1. The molecule has 2 heterocycles. The minimum absolute atomic E-state index is 0.116. The van der Waals surface area contributed by atoms with Gasteiger partial charge in [0.05, 0.1) is 21.5 Å². The third-order valence-electron chi connectivity index (χ3n) is 5.66. The van der Waals surface area contributed by atoms with Crippen LogP contribution in [0.4, 0.5) is 0 Å². The smallest absolute Gasteiger partial charge is 0.338 e. The predicted molar refractivity (Wildman–Crippen MR) is 125 cm³/mol. The van der Waals surface area contributed by atoms with E-state index in [9.17, 15) is 23.6 Å². The molecule has 0 aliphatic carbocycles. The van der Waals surface area contributed by atoms with E-state index < -0.39 is 28.4 Å². The highest BCUT2D eigenvalue weighted by molar-refractivity contribution is 7.89. The van der Waals surface area contributed by atoms with Crippen LogP contribution in [-0.2, 0) is 14.8 Å². The number of para-hydroxylation sites is 2. The van der Waals surface area contributed by atoms with Crippen molar-refractivity contribution in [3.05, 3.63) is 65.7 Å². The molecular weight excluding hydrogens is 456 g/mol. The average Bonchev–Trinajstić information content (AvgIpc) is 3.07. The number of aromatic amines is 1. The molecule has 9 nitrogen and oxygen atoms in total. The topological polar surface area (TPSA) is 136 Å². The van der Waals surface area contributed by atoms with E-state index in [1.807, 2.05) is 12.1 Å². The molecule has 0 amide bonds. The SMILES string of the molecule is N#C/C(=C(/O)COC(=O)c1ccc(S(=O)(=O)N2CCCCCC2)cc1)c1nc2ccccc2[nH]1. The van der Waals surface area contributed by atoms with Gasteiger partial charge in [0.15, 0.2) is 11.6 Å². The van der Waals surface area contributed by atoms with Crippen molar-refractivity contribution in [3.63, 3.8) is 0 Å². The van der Waals surface area contributed by atoms with E-state index in [2.05, 4.69) is 9.97 Å². The number of aromatic nitrogens is 2. The number of H-pyrrole nitrogens is 1. The standard InChI is InChI=1S/C24H24N4O5S/c25-15-19(23-26-20-7-3-4-8-21(20)27-23)22(29)16-33-24(30)17-9-11-18(12-10-17)34(31,32)28-13-5-1-2-6-14-28/h3-4,7-12,29H,1-2,5-6,13-14,16H2,(H,26,27)/b22-19-. The van der Waals surface area contributed by atoms with Crippen LogP contribution in [0.1, 0.15) is 41.9 Å². The van der Waals surface area contributed by atoms with E-state index in [1.54, 1.807) is 18.2 Å². The Balaban J connectivity index is 1.44. The summed E-state index contributed by atoms with van der Waals surface area (Å²) in [4.78, 5) is 19.8. The van der Waals surface area contributed by atoms with Gasteiger partial charge in [0.2, 0.25) is 10.0 Å². The summed E-state index contributed by atoms with van der Waals surface area (Å²) >= 11 is 0. The quantitative estimate of drug-likeness (QED) is 0.311. The van der Waals surface area contributed by atoms with Crippen molar-refractivity contribution in [1.82, 2.24) is 14.3 Å². The molecular formula is C24H24N4O5S. The molecule has 2 aromatic carbocycles. The predicted octanol–water partition coefficient (Wildman–Crippen LogP) is 3.78. The summed E-state index contributed by atoms with van der Waals surface area (Å²) < 4.78 is 32.4. The van der Waals surface area contributed by atoms with Crippen molar-refractivity contribution in [2.24, 2.45) is 0 Å². The van der Waals surface area contributed by atoms with Gasteiger partial charge >= 0.3 is 5.97 Å². The molecule has 0 spiro atoms. The summed E-state index contributed by atoms with van der Waals surface area (Å²) in [6.07, 6.45) is 3.70. The van der Waals surface area contributed by atoms with E-state index in [1.165, 1.54) is 28.6 Å². The Kier molecular flexibility index (Phi) is 6.95. The van der Waals surface area contributed by atoms with Crippen molar-refractivity contribution >= 4 is 32.6 Å². The van der Waals surface area contributed by atoms with E-state index in [0.717, 1.165) is 25.7 Å². The molecule has 0 radical (unpaired) electrons. The Morgan fingerprint density at radius 3 is 2.41 bits per heavy atom. The molecule has 0 bridgehead atoms. The number of ether oxygens (including phenoxy) is 1. The summed E-state index contributed by atoms with van der Waals surface area (Å²) in [5, 5.41) is 19.8. The van der Waals surface area contributed by atoms with Crippen LogP contribution >= 0.6 is 0 Å². The molecule has 1 fully saturated rings. The number of aliphatic hydroxyl groups excluding tert-OH is 1. The summed E-state index contributed by atoms with van der Waals surface area (Å²) in [6.45, 7) is 0.445. The summed E-state index contributed by atoms with van der Waals surface area (Å²) in [7, 11) is -3.62. The van der Waals surface area contributed by atoms with Crippen molar-refractivity contribution < 1.29 is 23.1 Å². The first-order valence-electron chi connectivity index (χ1n) is 10.9. The lowest BCUT2D eigenvalue weighted by Gasteiger charge is -2.20. The Hall–Kier alpha value is -3.68. The van der Waals surface area contributed by atoms with Gasteiger partial charge in [-0.2, -0.15) is 9.57 Å². The van der Waals surface area contributed by atoms with Gasteiger partial charge in [0.25, 0.3) is 0 Å². The number of hydrogen-bond acceptors (Lipinski definition) is 7. The lowest BCUT2D eigenvalue weighted by molar-refractivity contribution is 0.0502. The zero-order valence-corrected chi connectivity index (χ0v) is 19.2. The molecule has 1 aliphatic heterocycles. The second-order valence-electron chi connectivity index (χ2n) is 7.95. The number of nitrogens with zero attached hydrogens (tertiary/aromatic N) is 3. The summed E-state index contributed by atoms with van der Waals surface area (Å²) in [5.74, 6) is -1.04. The molecule has 10 heteroatoms. The number of hydrogen-bond donors (Lipinski definition) is 2. The number of imidazole rings is 1. The van der Waals surface area contributed by atoms with Crippen molar-refractivity contribution in [1.29, 1.82) is 5.26 Å². The second kappa shape index (κ2) is 10.1. The highest BCUT2D eigenvalue weighted by Gasteiger charge is 2.25. The minimum atomic E-state index is -3.62. The first-order chi connectivity index (χ1) is 16.4. The van der Waals surface area contributed by atoms with Crippen LogP contribution < -0.4 is 0 Å². The Morgan fingerprint density at radius 1 is 1.09 bits per heavy atom. The van der Waals surface area contributed by atoms with Crippen LogP contribution in [-0.4, -0.2) is 53.5 Å². The third kappa shape index (κ3) is 4.95. The van der Waals surface area contributed by atoms with Gasteiger partial charge in [-0.1, -0.05) is 25.0 Å². The van der Waals surface area contributed by atoms with Crippen LogP contribution in [0.25, 0.3) is 16.6 Å². The molecule has 34 heavy (non-hydrogen) atoms. The van der Waals surface area contributed by atoms with Gasteiger partial charge in [-0.15, -0.1) is 0 Å². The fourth-order valence-corrected chi connectivity index (χ4v) is 5.33. The number of carbonyl (C=O) groups excluding carboxylic acids is 1. The number of rotatable bonds is 6. The summed E-state index contributed by atoms with van der Waals surface area (Å²) in [5.41, 5.74) is 1.32. The normalized spacial score (nSPS) is 15.9. The molecule has 4 rings (SSSR count). The largest absolute Gasteiger partial charge is 0.507 e. The molecule has 1 saturated heterocycles. The number of benzene rings is 2. The fraction of sp³-hybridized carbons (Fsp3) is 0.292. The number of esters is 1. The lowest BCUT2D eigenvalue weighted by Crippen LogP contribution is -2.31. The number of carbonyl (C=O) groups is 1. The van der Waals surface area contributed by atoms with Gasteiger partial charge in [-0.25, -0.2) is 18.2 Å². The lowest BCUT2D eigenvalue weighted by atomic mass is 10.2. The van der Waals surface area contributed by atoms with E-state index in [0.29, 0.717) is 24.1 Å². The third-order valence-corrected chi connectivity index (χ3v) is 7.57. The Morgan fingerprint density at radius 2 is 1.76 bits per heavy atom. The number of aliphatic hydroxyl groups is 1. The molecule has 1 aliphatic rings. The minimum Gasteiger partial charge on any atom is -0.507 e. The van der Waals surface area contributed by atoms with Crippen LogP contribution in [0.15, 0.2) is 59.2 Å².